The molecule has 152 valence electrons. The minimum absolute atomic E-state index is 0.0539. The summed E-state index contributed by atoms with van der Waals surface area (Å²) in [5, 5.41) is 20.2. The summed E-state index contributed by atoms with van der Waals surface area (Å²) in [7, 11) is 0. The van der Waals surface area contributed by atoms with E-state index in [4.69, 9.17) is 21.7 Å². The molecule has 0 aliphatic heterocycles. The lowest BCUT2D eigenvalue weighted by Crippen LogP contribution is -2.12. The number of alkyl halides is 3. The Bertz CT molecular complexity index is 939. The predicted molar refractivity (Wildman–Crippen MR) is 95.5 cm³/mol. The van der Waals surface area contributed by atoms with E-state index in [1.807, 2.05) is 12.0 Å². The maximum atomic E-state index is 12.9. The van der Waals surface area contributed by atoms with Crippen molar-refractivity contribution in [1.82, 2.24) is 14.9 Å². The van der Waals surface area contributed by atoms with Gasteiger partial charge in [-0.2, -0.15) is 22.9 Å². The van der Waals surface area contributed by atoms with Crippen molar-refractivity contribution < 1.29 is 27.6 Å². The van der Waals surface area contributed by atoms with Crippen molar-refractivity contribution >= 4 is 24.1 Å². The first kappa shape index (κ1) is 21.3. The minimum atomic E-state index is -4.79. The smallest absolute Gasteiger partial charge is 0.453 e. The highest BCUT2D eigenvalue weighted by Crippen LogP contribution is 2.38. The molecule has 0 fully saturated rings. The zero-order chi connectivity index (χ0) is 20.9. The standard InChI is InChI=1S/C15H16F3N5O4S/c1-3-5-27-12-10(23(24)25)6-9(7-11(12)26-4-2)8-19-22-13(15(16,17)18)20-21-14(22)28/h6-8H,3-5H2,1-2H3,(H,21,28)/b19-8-. The topological polar surface area (TPSA) is 108 Å². The van der Waals surface area contributed by atoms with E-state index in [0.29, 0.717) is 11.1 Å². The molecule has 0 saturated carbocycles. The van der Waals surface area contributed by atoms with Crippen LogP contribution in [0.5, 0.6) is 11.5 Å². The lowest BCUT2D eigenvalue weighted by molar-refractivity contribution is -0.386. The first-order chi connectivity index (χ1) is 13.2. The van der Waals surface area contributed by atoms with Gasteiger partial charge in [-0.25, -0.2) is 5.10 Å². The van der Waals surface area contributed by atoms with Gasteiger partial charge in [-0.3, -0.25) is 10.1 Å². The Morgan fingerprint density at radius 1 is 1.39 bits per heavy atom. The fraction of sp³-hybridized carbons (Fsp3) is 0.400. The molecule has 0 bridgehead atoms. The molecule has 0 radical (unpaired) electrons. The zero-order valence-electron chi connectivity index (χ0n) is 14.8. The number of nitro benzene ring substituents is 1. The summed E-state index contributed by atoms with van der Waals surface area (Å²) in [6.07, 6.45) is -3.18. The number of hydrogen-bond acceptors (Lipinski definition) is 7. The van der Waals surface area contributed by atoms with Crippen LogP contribution >= 0.6 is 12.2 Å². The lowest BCUT2D eigenvalue weighted by atomic mass is 10.2. The number of rotatable bonds is 8. The van der Waals surface area contributed by atoms with Gasteiger partial charge >= 0.3 is 11.9 Å². The van der Waals surface area contributed by atoms with Crippen LogP contribution in [0.2, 0.25) is 0 Å². The third-order valence-electron chi connectivity index (χ3n) is 3.23. The first-order valence-corrected chi connectivity index (χ1v) is 8.46. The Labute approximate surface area is 161 Å². The number of aromatic nitrogens is 3. The van der Waals surface area contributed by atoms with E-state index >= 15 is 0 Å². The van der Waals surface area contributed by atoms with Gasteiger partial charge in [-0.1, -0.05) is 6.92 Å². The summed E-state index contributed by atoms with van der Waals surface area (Å²) in [6.45, 7) is 3.94. The van der Waals surface area contributed by atoms with E-state index in [-0.39, 0.29) is 35.0 Å². The third-order valence-corrected chi connectivity index (χ3v) is 3.50. The van der Waals surface area contributed by atoms with Crippen LogP contribution in [0.1, 0.15) is 31.7 Å². The Morgan fingerprint density at radius 3 is 2.68 bits per heavy atom. The van der Waals surface area contributed by atoms with Crippen molar-refractivity contribution in [2.24, 2.45) is 5.10 Å². The Kier molecular flexibility index (Phi) is 6.72. The fourth-order valence-corrected chi connectivity index (χ4v) is 2.32. The Morgan fingerprint density at radius 2 is 2.11 bits per heavy atom. The predicted octanol–water partition coefficient (Wildman–Crippen LogP) is 3.94. The maximum absolute atomic E-state index is 12.9. The molecule has 9 nitrogen and oxygen atoms in total. The molecule has 0 atom stereocenters. The highest BCUT2D eigenvalue weighted by atomic mass is 32.1. The second-order valence-corrected chi connectivity index (χ2v) is 5.70. The SMILES string of the molecule is CCCOc1c(OCC)cc(/C=N\n2c(C(F)(F)F)n[nH]c2=S)cc1[N+](=O)[O-]. The largest absolute Gasteiger partial charge is 0.490 e. The second-order valence-electron chi connectivity index (χ2n) is 5.31. The van der Waals surface area contributed by atoms with Gasteiger partial charge in [0.05, 0.1) is 24.4 Å². The number of aromatic amines is 1. The molecule has 13 heteroatoms. The molecule has 0 aliphatic carbocycles. The average Bonchev–Trinajstić information content (AvgIpc) is 2.99. The van der Waals surface area contributed by atoms with Crippen molar-refractivity contribution in [2.75, 3.05) is 13.2 Å². The highest BCUT2D eigenvalue weighted by Gasteiger charge is 2.37. The maximum Gasteiger partial charge on any atom is 0.453 e. The van der Waals surface area contributed by atoms with Gasteiger partial charge in [0, 0.05) is 11.6 Å². The van der Waals surface area contributed by atoms with Crippen LogP contribution < -0.4 is 9.47 Å². The summed E-state index contributed by atoms with van der Waals surface area (Å²) in [5.41, 5.74) is -0.275. The van der Waals surface area contributed by atoms with E-state index < -0.39 is 22.6 Å². The van der Waals surface area contributed by atoms with Crippen LogP contribution in [0.3, 0.4) is 0 Å². The van der Waals surface area contributed by atoms with Gasteiger partial charge in [0.15, 0.2) is 5.75 Å². The summed E-state index contributed by atoms with van der Waals surface area (Å²) in [4.78, 5) is 10.7. The van der Waals surface area contributed by atoms with Crippen LogP contribution in [-0.4, -0.2) is 39.2 Å². The molecule has 28 heavy (non-hydrogen) atoms. The Balaban J connectivity index is 2.52. The molecule has 0 unspecified atom stereocenters. The van der Waals surface area contributed by atoms with Crippen LogP contribution in [0.4, 0.5) is 18.9 Å². The number of nitrogens with zero attached hydrogens (tertiary/aromatic N) is 4. The molecule has 2 rings (SSSR count). The van der Waals surface area contributed by atoms with E-state index in [2.05, 4.69) is 10.2 Å². The fourth-order valence-electron chi connectivity index (χ4n) is 2.14. The van der Waals surface area contributed by atoms with Crippen LogP contribution in [-0.2, 0) is 6.18 Å². The number of hydrogen-bond donors (Lipinski definition) is 1. The Hall–Kier alpha value is -2.96. The van der Waals surface area contributed by atoms with Gasteiger partial charge in [-0.05, 0) is 31.6 Å². The number of nitro groups is 1. The molecular weight excluding hydrogens is 403 g/mol. The van der Waals surface area contributed by atoms with Gasteiger partial charge in [0.1, 0.15) is 0 Å². The zero-order valence-corrected chi connectivity index (χ0v) is 15.6. The number of benzene rings is 1. The van der Waals surface area contributed by atoms with Crippen molar-refractivity contribution in [2.45, 2.75) is 26.4 Å². The molecular formula is C15H16F3N5O4S. The normalized spacial score (nSPS) is 11.8. The first-order valence-electron chi connectivity index (χ1n) is 8.06. The molecule has 1 aromatic heterocycles. The van der Waals surface area contributed by atoms with Gasteiger partial charge in [0.25, 0.3) is 5.82 Å². The van der Waals surface area contributed by atoms with E-state index in [0.717, 1.165) is 12.3 Å². The van der Waals surface area contributed by atoms with Crippen molar-refractivity contribution in [3.63, 3.8) is 0 Å². The lowest BCUT2D eigenvalue weighted by Gasteiger charge is -2.12. The van der Waals surface area contributed by atoms with E-state index in [9.17, 15) is 23.3 Å². The van der Waals surface area contributed by atoms with Gasteiger partial charge in [-0.15, -0.1) is 5.10 Å². The quantitative estimate of drug-likeness (QED) is 0.301. The van der Waals surface area contributed by atoms with E-state index in [1.165, 1.54) is 6.07 Å². The molecule has 1 heterocycles. The molecule has 0 aliphatic rings. The highest BCUT2D eigenvalue weighted by molar-refractivity contribution is 7.71. The van der Waals surface area contributed by atoms with Crippen LogP contribution in [0.15, 0.2) is 17.2 Å². The summed E-state index contributed by atoms with van der Waals surface area (Å²) >= 11 is 4.74. The van der Waals surface area contributed by atoms with Crippen LogP contribution in [0.25, 0.3) is 0 Å². The summed E-state index contributed by atoms with van der Waals surface area (Å²) < 4.78 is 49.6. The molecule has 0 amide bonds. The number of halogens is 3. The molecule has 0 spiro atoms. The monoisotopic (exact) mass is 419 g/mol. The summed E-state index contributed by atoms with van der Waals surface area (Å²) in [6, 6.07) is 2.50. The average molecular weight is 419 g/mol. The molecule has 1 N–H and O–H groups in total. The molecule has 1 aromatic carbocycles. The molecule has 2 aromatic rings. The minimum Gasteiger partial charge on any atom is -0.490 e. The van der Waals surface area contributed by atoms with Gasteiger partial charge < -0.3 is 9.47 Å². The van der Waals surface area contributed by atoms with Crippen molar-refractivity contribution in [3.8, 4) is 11.5 Å². The van der Waals surface area contributed by atoms with Gasteiger partial charge in [0.2, 0.25) is 10.5 Å². The van der Waals surface area contributed by atoms with Crippen LogP contribution in [0, 0.1) is 14.9 Å². The second kappa shape index (κ2) is 8.82. The number of nitrogens with one attached hydrogen (secondary N) is 1. The number of ether oxygens (including phenoxy) is 2. The third kappa shape index (κ3) is 4.85. The van der Waals surface area contributed by atoms with Crippen molar-refractivity contribution in [3.05, 3.63) is 38.4 Å². The number of H-pyrrole nitrogens is 1. The molecule has 0 saturated heterocycles. The van der Waals surface area contributed by atoms with E-state index in [1.54, 1.807) is 6.92 Å². The summed E-state index contributed by atoms with van der Waals surface area (Å²) in [5.74, 6) is -1.32. The van der Waals surface area contributed by atoms with Crippen molar-refractivity contribution in [1.29, 1.82) is 0 Å².